The fourth-order valence-corrected chi connectivity index (χ4v) is 4.00. The Morgan fingerprint density at radius 2 is 1.91 bits per heavy atom. The van der Waals surface area contributed by atoms with Crippen LogP contribution in [-0.4, -0.2) is 10.9 Å². The first-order valence-electron chi connectivity index (χ1n) is 6.63. The fraction of sp³-hybridized carbons (Fsp3) is 0.125. The molecule has 0 fully saturated rings. The number of benzene rings is 1. The maximum absolute atomic E-state index is 12.3. The van der Waals surface area contributed by atoms with Gasteiger partial charge < -0.3 is 0 Å². The van der Waals surface area contributed by atoms with Crippen molar-refractivity contribution in [3.8, 4) is 11.3 Å². The summed E-state index contributed by atoms with van der Waals surface area (Å²) < 4.78 is 1.03. The van der Waals surface area contributed by atoms with Crippen LogP contribution < -0.4 is 5.32 Å². The summed E-state index contributed by atoms with van der Waals surface area (Å²) in [6.45, 7) is 3.95. The molecule has 2 aromatic heterocycles. The van der Waals surface area contributed by atoms with Crippen LogP contribution in [0.3, 0.4) is 0 Å². The molecule has 1 amide bonds. The standard InChI is InChI=1S/C16H13BrN2OS2/c1-9-7-8-21-14(9)15(20)19-16-18-13(10(2)22-16)11-3-5-12(17)6-4-11/h3-8H,1-2H3,(H,18,19,20). The lowest BCUT2D eigenvalue weighted by atomic mass is 10.1. The van der Waals surface area contributed by atoms with E-state index in [9.17, 15) is 4.79 Å². The molecule has 0 aliphatic rings. The molecule has 3 rings (SSSR count). The molecule has 3 aromatic rings. The number of hydrogen-bond donors (Lipinski definition) is 1. The summed E-state index contributed by atoms with van der Waals surface area (Å²) in [6, 6.07) is 9.95. The predicted octanol–water partition coefficient (Wildman–Crippen LogP) is 5.50. The number of anilines is 1. The highest BCUT2D eigenvalue weighted by atomic mass is 79.9. The Hall–Kier alpha value is -1.50. The van der Waals surface area contributed by atoms with Crippen molar-refractivity contribution in [2.24, 2.45) is 0 Å². The number of nitrogens with one attached hydrogen (secondary N) is 1. The van der Waals surface area contributed by atoms with E-state index >= 15 is 0 Å². The first-order chi connectivity index (χ1) is 10.5. The number of amides is 1. The quantitative estimate of drug-likeness (QED) is 0.638. The monoisotopic (exact) mass is 392 g/mol. The van der Waals surface area contributed by atoms with Crippen LogP contribution in [0.25, 0.3) is 11.3 Å². The first kappa shape index (κ1) is 15.4. The van der Waals surface area contributed by atoms with Crippen molar-refractivity contribution in [2.45, 2.75) is 13.8 Å². The normalized spacial score (nSPS) is 10.7. The predicted molar refractivity (Wildman–Crippen MR) is 97.0 cm³/mol. The molecular formula is C16H13BrN2OS2. The Morgan fingerprint density at radius 3 is 2.55 bits per heavy atom. The van der Waals surface area contributed by atoms with Crippen molar-refractivity contribution < 1.29 is 4.79 Å². The van der Waals surface area contributed by atoms with Gasteiger partial charge in [-0.15, -0.1) is 22.7 Å². The summed E-state index contributed by atoms with van der Waals surface area (Å²) in [5.41, 5.74) is 2.95. The van der Waals surface area contributed by atoms with Gasteiger partial charge >= 0.3 is 0 Å². The second-order valence-electron chi connectivity index (χ2n) is 4.82. The van der Waals surface area contributed by atoms with E-state index in [0.717, 1.165) is 31.0 Å². The molecule has 0 aliphatic carbocycles. The van der Waals surface area contributed by atoms with E-state index in [2.05, 4.69) is 26.2 Å². The van der Waals surface area contributed by atoms with E-state index in [-0.39, 0.29) is 5.91 Å². The van der Waals surface area contributed by atoms with Crippen molar-refractivity contribution >= 4 is 49.6 Å². The van der Waals surface area contributed by atoms with Crippen molar-refractivity contribution in [3.63, 3.8) is 0 Å². The van der Waals surface area contributed by atoms with E-state index < -0.39 is 0 Å². The van der Waals surface area contributed by atoms with E-state index in [1.165, 1.54) is 22.7 Å². The highest BCUT2D eigenvalue weighted by Crippen LogP contribution is 2.31. The first-order valence-corrected chi connectivity index (χ1v) is 9.12. The Morgan fingerprint density at radius 1 is 1.18 bits per heavy atom. The molecule has 1 N–H and O–H groups in total. The third-order valence-corrected chi connectivity index (χ3v) is 5.63. The molecule has 6 heteroatoms. The smallest absolute Gasteiger partial charge is 0.267 e. The molecule has 2 heterocycles. The fourth-order valence-electron chi connectivity index (χ4n) is 2.08. The van der Waals surface area contributed by atoms with Gasteiger partial charge in [-0.1, -0.05) is 28.1 Å². The molecular weight excluding hydrogens is 380 g/mol. The van der Waals surface area contributed by atoms with Crippen LogP contribution in [0.15, 0.2) is 40.2 Å². The second kappa shape index (κ2) is 6.32. The van der Waals surface area contributed by atoms with Crippen molar-refractivity contribution in [2.75, 3.05) is 5.32 Å². The number of carbonyl (C=O) groups excluding carboxylic acids is 1. The number of rotatable bonds is 3. The van der Waals surface area contributed by atoms with Crippen LogP contribution >= 0.6 is 38.6 Å². The molecule has 22 heavy (non-hydrogen) atoms. The highest BCUT2D eigenvalue weighted by Gasteiger charge is 2.15. The van der Waals surface area contributed by atoms with Crippen molar-refractivity contribution in [1.29, 1.82) is 0 Å². The van der Waals surface area contributed by atoms with Crippen LogP contribution in [0.4, 0.5) is 5.13 Å². The number of hydrogen-bond acceptors (Lipinski definition) is 4. The zero-order valence-electron chi connectivity index (χ0n) is 12.0. The molecule has 0 spiro atoms. The van der Waals surface area contributed by atoms with Gasteiger partial charge in [0.15, 0.2) is 5.13 Å². The number of thiazole rings is 1. The van der Waals surface area contributed by atoms with Crippen molar-refractivity contribution in [1.82, 2.24) is 4.98 Å². The van der Waals surface area contributed by atoms with Gasteiger partial charge in [-0.25, -0.2) is 4.98 Å². The molecule has 0 unspecified atom stereocenters. The van der Waals surface area contributed by atoms with E-state index in [1.807, 2.05) is 49.6 Å². The minimum absolute atomic E-state index is 0.0939. The minimum atomic E-state index is -0.0939. The molecule has 0 bridgehead atoms. The van der Waals surface area contributed by atoms with E-state index in [0.29, 0.717) is 5.13 Å². The summed E-state index contributed by atoms with van der Waals surface area (Å²) >= 11 is 6.37. The zero-order chi connectivity index (χ0) is 15.7. The summed E-state index contributed by atoms with van der Waals surface area (Å²) in [5, 5.41) is 5.45. The van der Waals surface area contributed by atoms with Gasteiger partial charge in [0.1, 0.15) is 0 Å². The van der Waals surface area contributed by atoms with Crippen LogP contribution in [0, 0.1) is 13.8 Å². The summed E-state index contributed by atoms with van der Waals surface area (Å²) in [4.78, 5) is 18.6. The zero-order valence-corrected chi connectivity index (χ0v) is 15.2. The lowest BCUT2D eigenvalue weighted by Gasteiger charge is -2.00. The number of aryl methyl sites for hydroxylation is 2. The molecule has 0 saturated carbocycles. The van der Waals surface area contributed by atoms with Gasteiger partial charge in [0, 0.05) is 14.9 Å². The Bertz CT molecular complexity index is 821. The van der Waals surface area contributed by atoms with Crippen LogP contribution in [0.5, 0.6) is 0 Å². The highest BCUT2D eigenvalue weighted by molar-refractivity contribution is 9.10. The Kier molecular flexibility index (Phi) is 4.42. The summed E-state index contributed by atoms with van der Waals surface area (Å²) in [6.07, 6.45) is 0. The molecule has 112 valence electrons. The van der Waals surface area contributed by atoms with Gasteiger partial charge in [-0.05, 0) is 43.0 Å². The molecule has 0 atom stereocenters. The maximum Gasteiger partial charge on any atom is 0.267 e. The van der Waals surface area contributed by atoms with Crippen LogP contribution in [-0.2, 0) is 0 Å². The number of nitrogens with zero attached hydrogens (tertiary/aromatic N) is 1. The number of carbonyl (C=O) groups is 1. The van der Waals surface area contributed by atoms with Crippen LogP contribution in [0.1, 0.15) is 20.1 Å². The summed E-state index contributed by atoms with van der Waals surface area (Å²) in [5.74, 6) is -0.0939. The molecule has 0 saturated heterocycles. The third kappa shape index (κ3) is 3.14. The van der Waals surface area contributed by atoms with Crippen molar-refractivity contribution in [3.05, 3.63) is 55.5 Å². The lowest BCUT2D eigenvalue weighted by molar-refractivity contribution is 0.103. The van der Waals surface area contributed by atoms with Gasteiger partial charge in [-0.2, -0.15) is 0 Å². The largest absolute Gasteiger partial charge is 0.297 e. The van der Waals surface area contributed by atoms with E-state index in [4.69, 9.17) is 0 Å². The van der Waals surface area contributed by atoms with Gasteiger partial charge in [-0.3, -0.25) is 10.1 Å². The number of aromatic nitrogens is 1. The van der Waals surface area contributed by atoms with Crippen LogP contribution in [0.2, 0.25) is 0 Å². The van der Waals surface area contributed by atoms with Gasteiger partial charge in [0.25, 0.3) is 5.91 Å². The SMILES string of the molecule is Cc1ccsc1C(=O)Nc1nc(-c2ccc(Br)cc2)c(C)s1. The average Bonchev–Trinajstić information content (AvgIpc) is 3.06. The molecule has 0 radical (unpaired) electrons. The Balaban J connectivity index is 1.85. The third-order valence-electron chi connectivity index (χ3n) is 3.20. The minimum Gasteiger partial charge on any atom is -0.297 e. The average molecular weight is 393 g/mol. The topological polar surface area (TPSA) is 42.0 Å². The number of halogens is 1. The lowest BCUT2D eigenvalue weighted by Crippen LogP contribution is -2.10. The molecule has 1 aromatic carbocycles. The maximum atomic E-state index is 12.3. The van der Waals surface area contributed by atoms with E-state index in [1.54, 1.807) is 0 Å². The van der Waals surface area contributed by atoms with Gasteiger partial charge in [0.2, 0.25) is 0 Å². The summed E-state index contributed by atoms with van der Waals surface area (Å²) in [7, 11) is 0. The second-order valence-corrected chi connectivity index (χ2v) is 7.85. The number of thiophene rings is 1. The van der Waals surface area contributed by atoms with Gasteiger partial charge in [0.05, 0.1) is 10.6 Å². The molecule has 0 aliphatic heterocycles. The molecule has 3 nitrogen and oxygen atoms in total. The Labute approximate surface area is 145 Å².